The van der Waals surface area contributed by atoms with Gasteiger partial charge >= 0.3 is 5.97 Å². The fourth-order valence-electron chi connectivity index (χ4n) is 2.77. The van der Waals surface area contributed by atoms with Crippen LogP contribution in [0.25, 0.3) is 0 Å². The van der Waals surface area contributed by atoms with E-state index in [1.807, 2.05) is 12.1 Å². The van der Waals surface area contributed by atoms with Crippen molar-refractivity contribution in [3.05, 3.63) is 29.8 Å². The average Bonchev–Trinajstić information content (AvgIpc) is 2.41. The summed E-state index contributed by atoms with van der Waals surface area (Å²) in [6.45, 7) is 2.15. The largest absolute Gasteiger partial charge is 0.490 e. The van der Waals surface area contributed by atoms with Gasteiger partial charge in [-0.15, -0.1) is 0 Å². The molecule has 0 spiro atoms. The van der Waals surface area contributed by atoms with Crippen LogP contribution in [-0.4, -0.2) is 22.7 Å². The maximum Gasteiger partial charge on any atom is 0.323 e. The van der Waals surface area contributed by atoms with Crippen LogP contribution in [0.1, 0.15) is 44.6 Å². The summed E-state index contributed by atoms with van der Waals surface area (Å²) in [6.07, 6.45) is 4.63. The van der Waals surface area contributed by atoms with E-state index in [1.165, 1.54) is 5.56 Å². The van der Waals surface area contributed by atoms with Gasteiger partial charge in [-0.05, 0) is 43.4 Å². The lowest BCUT2D eigenvalue weighted by Crippen LogP contribution is -2.53. The first-order valence-corrected chi connectivity index (χ1v) is 7.31. The summed E-state index contributed by atoms with van der Waals surface area (Å²) in [5, 5.41) is 9.20. The quantitative estimate of drug-likeness (QED) is 0.868. The summed E-state index contributed by atoms with van der Waals surface area (Å²) in [5.74, 6) is -0.131. The van der Waals surface area contributed by atoms with Crippen molar-refractivity contribution in [1.29, 1.82) is 0 Å². The summed E-state index contributed by atoms with van der Waals surface area (Å²) in [5.41, 5.74) is 6.09. The lowest BCUT2D eigenvalue weighted by atomic mass is 9.81. The molecule has 1 aromatic rings. The average molecular weight is 277 g/mol. The van der Waals surface area contributed by atoms with Crippen molar-refractivity contribution < 1.29 is 14.6 Å². The first-order valence-electron chi connectivity index (χ1n) is 7.31. The van der Waals surface area contributed by atoms with Gasteiger partial charge in [0.15, 0.2) is 0 Å². The second-order valence-electron chi connectivity index (χ2n) is 5.69. The van der Waals surface area contributed by atoms with E-state index in [2.05, 4.69) is 19.1 Å². The van der Waals surface area contributed by atoms with Gasteiger partial charge in [0.1, 0.15) is 17.4 Å². The van der Waals surface area contributed by atoms with Crippen LogP contribution in [0.2, 0.25) is 0 Å². The molecule has 3 N–H and O–H groups in total. The van der Waals surface area contributed by atoms with Crippen LogP contribution in [-0.2, 0) is 11.2 Å². The standard InChI is InChI=1S/C16H23NO3/c1-2-4-12-6-8-13(9-7-12)20-14-5-3-10-16(17,11-14)15(18)19/h6-9,14H,2-5,10-11,17H2,1H3,(H,18,19). The Labute approximate surface area is 119 Å². The minimum absolute atomic E-state index is 0.109. The first kappa shape index (κ1) is 14.9. The number of carbonyl (C=O) groups is 1. The van der Waals surface area contributed by atoms with Crippen molar-refractivity contribution in [1.82, 2.24) is 0 Å². The van der Waals surface area contributed by atoms with Crippen molar-refractivity contribution in [2.75, 3.05) is 0 Å². The number of aryl methyl sites for hydroxylation is 1. The second-order valence-corrected chi connectivity index (χ2v) is 5.69. The number of carboxylic acid groups (broad SMARTS) is 1. The molecule has 0 aliphatic heterocycles. The number of carboxylic acids is 1. The number of ether oxygens (including phenoxy) is 1. The summed E-state index contributed by atoms with van der Waals surface area (Å²) in [4.78, 5) is 11.2. The minimum atomic E-state index is -1.13. The molecular weight excluding hydrogens is 254 g/mol. The van der Waals surface area contributed by atoms with E-state index in [0.29, 0.717) is 12.8 Å². The third-order valence-corrected chi connectivity index (χ3v) is 3.93. The highest BCUT2D eigenvalue weighted by molar-refractivity contribution is 5.78. The summed E-state index contributed by atoms with van der Waals surface area (Å²) >= 11 is 0. The van der Waals surface area contributed by atoms with Gasteiger partial charge in [0.2, 0.25) is 0 Å². The minimum Gasteiger partial charge on any atom is -0.490 e. The SMILES string of the molecule is CCCc1ccc(OC2CCCC(N)(C(=O)O)C2)cc1. The van der Waals surface area contributed by atoms with Crippen molar-refractivity contribution in [3.63, 3.8) is 0 Å². The molecule has 0 aromatic heterocycles. The van der Waals surface area contributed by atoms with Crippen molar-refractivity contribution in [2.45, 2.75) is 57.1 Å². The monoisotopic (exact) mass is 277 g/mol. The predicted molar refractivity (Wildman–Crippen MR) is 77.9 cm³/mol. The molecule has 4 nitrogen and oxygen atoms in total. The normalized spacial score (nSPS) is 26.2. The van der Waals surface area contributed by atoms with Crippen LogP contribution >= 0.6 is 0 Å². The molecule has 20 heavy (non-hydrogen) atoms. The van der Waals surface area contributed by atoms with Crippen LogP contribution in [0.3, 0.4) is 0 Å². The Bertz CT molecular complexity index is 457. The fourth-order valence-corrected chi connectivity index (χ4v) is 2.77. The van der Waals surface area contributed by atoms with Crippen molar-refractivity contribution >= 4 is 5.97 Å². The molecule has 0 saturated heterocycles. The molecule has 1 aromatic carbocycles. The third-order valence-electron chi connectivity index (χ3n) is 3.93. The molecule has 4 heteroatoms. The molecule has 1 fully saturated rings. The maximum atomic E-state index is 11.2. The van der Waals surface area contributed by atoms with Crippen molar-refractivity contribution in [2.24, 2.45) is 5.73 Å². The predicted octanol–water partition coefficient (Wildman–Crippen LogP) is 2.74. The van der Waals surface area contributed by atoms with E-state index in [4.69, 9.17) is 10.5 Å². The molecule has 0 heterocycles. The number of hydrogen-bond donors (Lipinski definition) is 2. The topological polar surface area (TPSA) is 72.5 Å². The third kappa shape index (κ3) is 3.51. The summed E-state index contributed by atoms with van der Waals surface area (Å²) in [7, 11) is 0. The van der Waals surface area contributed by atoms with E-state index in [1.54, 1.807) is 0 Å². The number of nitrogens with two attached hydrogens (primary N) is 1. The molecule has 110 valence electrons. The lowest BCUT2D eigenvalue weighted by Gasteiger charge is -2.34. The molecule has 0 radical (unpaired) electrons. The maximum absolute atomic E-state index is 11.2. The zero-order valence-electron chi connectivity index (χ0n) is 12.0. The van der Waals surface area contributed by atoms with Gasteiger partial charge in [-0.1, -0.05) is 25.5 Å². The summed E-state index contributed by atoms with van der Waals surface area (Å²) < 4.78 is 5.89. The molecule has 2 atom stereocenters. The Hall–Kier alpha value is -1.55. The highest BCUT2D eigenvalue weighted by Gasteiger charge is 2.40. The molecule has 1 aliphatic rings. The smallest absolute Gasteiger partial charge is 0.323 e. The zero-order valence-corrected chi connectivity index (χ0v) is 12.0. The number of hydrogen-bond acceptors (Lipinski definition) is 3. The van der Waals surface area contributed by atoms with Crippen LogP contribution in [0, 0.1) is 0 Å². The van der Waals surface area contributed by atoms with E-state index in [0.717, 1.165) is 31.4 Å². The molecule has 1 saturated carbocycles. The number of benzene rings is 1. The molecule has 1 aliphatic carbocycles. The number of rotatable bonds is 5. The second kappa shape index (κ2) is 6.27. The molecular formula is C16H23NO3. The molecule has 2 unspecified atom stereocenters. The molecule has 2 rings (SSSR count). The van der Waals surface area contributed by atoms with Gasteiger partial charge in [-0.2, -0.15) is 0 Å². The summed E-state index contributed by atoms with van der Waals surface area (Å²) in [6, 6.07) is 8.04. The first-order chi connectivity index (χ1) is 9.53. The van der Waals surface area contributed by atoms with Gasteiger partial charge in [-0.3, -0.25) is 4.79 Å². The Kier molecular flexibility index (Phi) is 4.65. The van der Waals surface area contributed by atoms with Crippen LogP contribution in [0.4, 0.5) is 0 Å². The van der Waals surface area contributed by atoms with Gasteiger partial charge < -0.3 is 15.6 Å². The fraction of sp³-hybridized carbons (Fsp3) is 0.562. The van der Waals surface area contributed by atoms with E-state index >= 15 is 0 Å². The molecule has 0 bridgehead atoms. The lowest BCUT2D eigenvalue weighted by molar-refractivity contribution is -0.145. The van der Waals surface area contributed by atoms with Crippen molar-refractivity contribution in [3.8, 4) is 5.75 Å². The Morgan fingerprint density at radius 3 is 2.75 bits per heavy atom. The molecule has 0 amide bonds. The zero-order chi connectivity index (χ0) is 14.6. The van der Waals surface area contributed by atoms with E-state index in [-0.39, 0.29) is 6.10 Å². The Morgan fingerprint density at radius 2 is 2.15 bits per heavy atom. The van der Waals surface area contributed by atoms with Gasteiger partial charge in [0.25, 0.3) is 0 Å². The highest BCUT2D eigenvalue weighted by atomic mass is 16.5. The number of aliphatic carboxylic acids is 1. The van der Waals surface area contributed by atoms with Crippen LogP contribution < -0.4 is 10.5 Å². The van der Waals surface area contributed by atoms with E-state index in [9.17, 15) is 9.90 Å². The van der Waals surface area contributed by atoms with Crippen LogP contribution in [0.15, 0.2) is 24.3 Å². The van der Waals surface area contributed by atoms with Gasteiger partial charge in [-0.25, -0.2) is 0 Å². The Balaban J connectivity index is 1.97. The van der Waals surface area contributed by atoms with Gasteiger partial charge in [0.05, 0.1) is 0 Å². The van der Waals surface area contributed by atoms with Gasteiger partial charge in [0, 0.05) is 6.42 Å². The van der Waals surface area contributed by atoms with Crippen LogP contribution in [0.5, 0.6) is 5.75 Å². The highest BCUT2D eigenvalue weighted by Crippen LogP contribution is 2.29. The van der Waals surface area contributed by atoms with E-state index < -0.39 is 11.5 Å². The Morgan fingerprint density at radius 1 is 1.45 bits per heavy atom.